The van der Waals surface area contributed by atoms with Gasteiger partial charge in [0, 0.05) is 5.56 Å². The van der Waals surface area contributed by atoms with Crippen LogP contribution in [0.1, 0.15) is 21.5 Å². The Labute approximate surface area is 146 Å². The maximum atomic E-state index is 12.3. The average Bonchev–Trinajstić information content (AvgIpc) is 2.61. The van der Waals surface area contributed by atoms with Crippen molar-refractivity contribution in [2.24, 2.45) is 0 Å². The van der Waals surface area contributed by atoms with E-state index in [-0.39, 0.29) is 17.9 Å². The van der Waals surface area contributed by atoms with E-state index in [9.17, 15) is 9.59 Å². The van der Waals surface area contributed by atoms with Gasteiger partial charge in [0.25, 0.3) is 0 Å². The highest BCUT2D eigenvalue weighted by Gasteiger charge is 2.16. The Bertz CT molecular complexity index is 781. The van der Waals surface area contributed by atoms with Crippen LogP contribution in [0.15, 0.2) is 36.4 Å². The summed E-state index contributed by atoms with van der Waals surface area (Å²) in [6, 6.07) is 10.0. The molecule has 0 aromatic heterocycles. The number of hydrogen-bond donors (Lipinski definition) is 0. The zero-order valence-corrected chi connectivity index (χ0v) is 14.6. The van der Waals surface area contributed by atoms with Crippen molar-refractivity contribution >= 4 is 11.9 Å². The van der Waals surface area contributed by atoms with Crippen LogP contribution in [0.3, 0.4) is 0 Å². The van der Waals surface area contributed by atoms with E-state index < -0.39 is 11.9 Å². The average molecular weight is 344 g/mol. The summed E-state index contributed by atoms with van der Waals surface area (Å²) in [6.07, 6.45) is 0.0484. The number of benzene rings is 2. The van der Waals surface area contributed by atoms with Gasteiger partial charge in [-0.05, 0) is 31.2 Å². The van der Waals surface area contributed by atoms with Crippen molar-refractivity contribution in [1.82, 2.24) is 0 Å². The molecule has 0 atom stereocenters. The molecule has 0 N–H and O–H groups in total. The molecule has 2 rings (SSSR count). The molecule has 0 radical (unpaired) electrons. The van der Waals surface area contributed by atoms with Crippen LogP contribution in [-0.4, -0.2) is 33.3 Å². The van der Waals surface area contributed by atoms with Gasteiger partial charge in [-0.25, -0.2) is 4.79 Å². The number of hydrogen-bond acceptors (Lipinski definition) is 6. The standard InChI is InChI=1S/C19H20O6/c1-12-5-7-15(22-2)14(9-12)11-18(20)25-16-8-6-13(19(21)24-4)10-17(16)23-3/h5-10H,11H2,1-4H3. The predicted octanol–water partition coefficient (Wildman–Crippen LogP) is 2.95. The lowest BCUT2D eigenvalue weighted by atomic mass is 10.1. The lowest BCUT2D eigenvalue weighted by Gasteiger charge is -2.12. The second kappa shape index (κ2) is 8.19. The Balaban J connectivity index is 2.18. The number of esters is 2. The van der Waals surface area contributed by atoms with Gasteiger partial charge in [-0.3, -0.25) is 4.79 Å². The molecule has 0 fully saturated rings. The van der Waals surface area contributed by atoms with Crippen molar-refractivity contribution in [3.63, 3.8) is 0 Å². The van der Waals surface area contributed by atoms with Gasteiger partial charge in [0.1, 0.15) is 5.75 Å². The molecular weight excluding hydrogens is 324 g/mol. The third kappa shape index (κ3) is 4.50. The molecule has 0 unspecified atom stereocenters. The molecule has 0 saturated heterocycles. The third-order valence-corrected chi connectivity index (χ3v) is 3.58. The van der Waals surface area contributed by atoms with Crippen molar-refractivity contribution in [3.8, 4) is 17.2 Å². The first-order valence-electron chi connectivity index (χ1n) is 7.59. The molecule has 0 heterocycles. The minimum absolute atomic E-state index is 0.0484. The summed E-state index contributed by atoms with van der Waals surface area (Å²) in [6.45, 7) is 1.93. The van der Waals surface area contributed by atoms with Crippen molar-refractivity contribution in [2.75, 3.05) is 21.3 Å². The molecular formula is C19H20O6. The van der Waals surface area contributed by atoms with Gasteiger partial charge in [0.05, 0.1) is 33.3 Å². The topological polar surface area (TPSA) is 71.1 Å². The lowest BCUT2D eigenvalue weighted by Crippen LogP contribution is -2.13. The van der Waals surface area contributed by atoms with E-state index in [1.807, 2.05) is 25.1 Å². The molecule has 0 aliphatic rings. The second-order valence-corrected chi connectivity index (χ2v) is 5.32. The first-order valence-corrected chi connectivity index (χ1v) is 7.59. The molecule has 0 bridgehead atoms. The van der Waals surface area contributed by atoms with Crippen LogP contribution in [0.2, 0.25) is 0 Å². The largest absolute Gasteiger partial charge is 0.496 e. The van der Waals surface area contributed by atoms with Gasteiger partial charge in [0.2, 0.25) is 0 Å². The summed E-state index contributed by atoms with van der Waals surface area (Å²) in [5.74, 6) is 0.156. The van der Waals surface area contributed by atoms with Crippen LogP contribution in [0.25, 0.3) is 0 Å². The van der Waals surface area contributed by atoms with Gasteiger partial charge < -0.3 is 18.9 Å². The number of aryl methyl sites for hydroxylation is 1. The number of methoxy groups -OCH3 is 3. The van der Waals surface area contributed by atoms with Crippen LogP contribution < -0.4 is 14.2 Å². The Morgan fingerprint density at radius 3 is 2.20 bits per heavy atom. The van der Waals surface area contributed by atoms with E-state index >= 15 is 0 Å². The first-order chi connectivity index (χ1) is 12.0. The summed E-state index contributed by atoms with van der Waals surface area (Å²) in [5, 5.41) is 0. The van der Waals surface area contributed by atoms with Crippen LogP contribution in [0.4, 0.5) is 0 Å². The Morgan fingerprint density at radius 1 is 0.880 bits per heavy atom. The molecule has 25 heavy (non-hydrogen) atoms. The van der Waals surface area contributed by atoms with Crippen molar-refractivity contribution < 1.29 is 28.5 Å². The third-order valence-electron chi connectivity index (χ3n) is 3.58. The second-order valence-electron chi connectivity index (χ2n) is 5.32. The molecule has 6 heteroatoms. The van der Waals surface area contributed by atoms with Gasteiger partial charge in [-0.1, -0.05) is 17.7 Å². The summed E-state index contributed by atoms with van der Waals surface area (Å²) in [4.78, 5) is 23.8. The number of ether oxygens (including phenoxy) is 4. The molecule has 2 aromatic carbocycles. The smallest absolute Gasteiger partial charge is 0.337 e. The summed E-state index contributed by atoms with van der Waals surface area (Å²) < 4.78 is 20.5. The van der Waals surface area contributed by atoms with Crippen LogP contribution >= 0.6 is 0 Å². The fourth-order valence-corrected chi connectivity index (χ4v) is 2.36. The fraction of sp³-hybridized carbons (Fsp3) is 0.263. The molecule has 132 valence electrons. The van der Waals surface area contributed by atoms with Crippen LogP contribution in [0, 0.1) is 6.92 Å². The zero-order chi connectivity index (χ0) is 18.4. The quantitative estimate of drug-likeness (QED) is 0.593. The van der Waals surface area contributed by atoms with Gasteiger partial charge in [-0.2, -0.15) is 0 Å². The van der Waals surface area contributed by atoms with E-state index in [1.165, 1.54) is 32.4 Å². The molecule has 0 aliphatic heterocycles. The number of carbonyl (C=O) groups is 2. The Hall–Kier alpha value is -3.02. The zero-order valence-electron chi connectivity index (χ0n) is 14.6. The molecule has 0 saturated carbocycles. The van der Waals surface area contributed by atoms with E-state index in [2.05, 4.69) is 4.74 Å². The molecule has 0 aliphatic carbocycles. The minimum atomic E-state index is -0.499. The maximum Gasteiger partial charge on any atom is 0.337 e. The van der Waals surface area contributed by atoms with Crippen molar-refractivity contribution in [3.05, 3.63) is 53.1 Å². The van der Waals surface area contributed by atoms with Gasteiger partial charge in [-0.15, -0.1) is 0 Å². The van der Waals surface area contributed by atoms with E-state index in [1.54, 1.807) is 7.11 Å². The van der Waals surface area contributed by atoms with Crippen LogP contribution in [-0.2, 0) is 16.0 Å². The van der Waals surface area contributed by atoms with Crippen molar-refractivity contribution in [1.29, 1.82) is 0 Å². The lowest BCUT2D eigenvalue weighted by molar-refractivity contribution is -0.133. The summed E-state index contributed by atoms with van der Waals surface area (Å²) in [7, 11) is 4.27. The SMILES string of the molecule is COC(=O)c1ccc(OC(=O)Cc2cc(C)ccc2OC)c(OC)c1. The fourth-order valence-electron chi connectivity index (χ4n) is 2.36. The van der Waals surface area contributed by atoms with E-state index in [0.29, 0.717) is 11.3 Å². The highest BCUT2D eigenvalue weighted by atomic mass is 16.6. The monoisotopic (exact) mass is 344 g/mol. The highest BCUT2D eigenvalue weighted by Crippen LogP contribution is 2.29. The van der Waals surface area contributed by atoms with Crippen LogP contribution in [0.5, 0.6) is 17.2 Å². The van der Waals surface area contributed by atoms with Gasteiger partial charge in [0.15, 0.2) is 11.5 Å². The summed E-state index contributed by atoms with van der Waals surface area (Å²) >= 11 is 0. The Kier molecular flexibility index (Phi) is 6.00. The predicted molar refractivity (Wildman–Crippen MR) is 91.4 cm³/mol. The van der Waals surface area contributed by atoms with Gasteiger partial charge >= 0.3 is 11.9 Å². The summed E-state index contributed by atoms with van der Waals surface area (Å²) in [5.41, 5.74) is 2.06. The molecule has 6 nitrogen and oxygen atoms in total. The maximum absolute atomic E-state index is 12.3. The van der Waals surface area contributed by atoms with Crippen molar-refractivity contribution in [2.45, 2.75) is 13.3 Å². The minimum Gasteiger partial charge on any atom is -0.496 e. The molecule has 0 amide bonds. The van der Waals surface area contributed by atoms with E-state index in [4.69, 9.17) is 14.2 Å². The number of rotatable bonds is 6. The van der Waals surface area contributed by atoms with E-state index in [0.717, 1.165) is 11.1 Å². The number of carbonyl (C=O) groups excluding carboxylic acids is 2. The molecule has 2 aromatic rings. The normalized spacial score (nSPS) is 10.1. The first kappa shape index (κ1) is 18.3. The highest BCUT2D eigenvalue weighted by molar-refractivity contribution is 5.90. The Morgan fingerprint density at radius 2 is 1.56 bits per heavy atom. The molecule has 0 spiro atoms.